The van der Waals surface area contributed by atoms with Gasteiger partial charge in [-0.1, -0.05) is 29.3 Å². The molecule has 0 saturated carbocycles. The predicted molar refractivity (Wildman–Crippen MR) is 78.4 cm³/mol. The van der Waals surface area contributed by atoms with Crippen molar-refractivity contribution in [3.63, 3.8) is 0 Å². The lowest BCUT2D eigenvalue weighted by molar-refractivity contribution is -0.133. The highest BCUT2D eigenvalue weighted by molar-refractivity contribution is 6.42. The first-order valence-electron chi connectivity index (χ1n) is 6.16. The molecule has 0 amide bonds. The van der Waals surface area contributed by atoms with Crippen LogP contribution in [-0.2, 0) is 11.2 Å². The van der Waals surface area contributed by atoms with Crippen molar-refractivity contribution >= 4 is 29.2 Å². The van der Waals surface area contributed by atoms with Crippen molar-refractivity contribution in [3.8, 4) is 17.2 Å². The molecule has 3 rings (SSSR count). The van der Waals surface area contributed by atoms with Crippen LogP contribution in [0.5, 0.6) is 17.2 Å². The summed E-state index contributed by atoms with van der Waals surface area (Å²) < 4.78 is 15.7. The zero-order valence-corrected chi connectivity index (χ0v) is 12.3. The van der Waals surface area contributed by atoms with E-state index < -0.39 is 5.97 Å². The topological polar surface area (TPSA) is 44.8 Å². The van der Waals surface area contributed by atoms with E-state index in [1.807, 2.05) is 0 Å². The molecule has 108 valence electrons. The van der Waals surface area contributed by atoms with Crippen molar-refractivity contribution in [2.75, 3.05) is 6.79 Å². The lowest BCUT2D eigenvalue weighted by Gasteiger charge is -2.06. The Labute approximate surface area is 131 Å². The van der Waals surface area contributed by atoms with Crippen molar-refractivity contribution in [1.29, 1.82) is 0 Å². The van der Waals surface area contributed by atoms with Crippen LogP contribution in [0.2, 0.25) is 10.0 Å². The first-order valence-corrected chi connectivity index (χ1v) is 6.92. The molecule has 2 aromatic carbocycles. The third kappa shape index (κ3) is 3.23. The highest BCUT2D eigenvalue weighted by Crippen LogP contribution is 2.35. The molecule has 0 spiro atoms. The minimum Gasteiger partial charge on any atom is -0.454 e. The van der Waals surface area contributed by atoms with Crippen LogP contribution in [0.4, 0.5) is 0 Å². The highest BCUT2D eigenvalue weighted by atomic mass is 35.5. The molecule has 2 aromatic rings. The number of carbonyl (C=O) groups is 1. The van der Waals surface area contributed by atoms with E-state index in [0.29, 0.717) is 27.3 Å². The average Bonchev–Trinajstić information content (AvgIpc) is 2.90. The van der Waals surface area contributed by atoms with Crippen LogP contribution >= 0.6 is 23.2 Å². The molecule has 6 heteroatoms. The van der Waals surface area contributed by atoms with Crippen molar-refractivity contribution in [2.45, 2.75) is 6.42 Å². The van der Waals surface area contributed by atoms with Gasteiger partial charge in [0.15, 0.2) is 11.5 Å². The Balaban J connectivity index is 1.67. The van der Waals surface area contributed by atoms with Crippen LogP contribution in [-0.4, -0.2) is 12.8 Å². The zero-order valence-electron chi connectivity index (χ0n) is 10.8. The second-order valence-electron chi connectivity index (χ2n) is 4.41. The molecular formula is C15H10Cl2O4. The van der Waals surface area contributed by atoms with Gasteiger partial charge in [0.25, 0.3) is 0 Å². The second kappa shape index (κ2) is 5.84. The molecule has 1 heterocycles. The summed E-state index contributed by atoms with van der Waals surface area (Å²) in [7, 11) is 0. The SMILES string of the molecule is O=C(Cc1ccc(Cl)c(Cl)c1)Oc1ccc2c(c1)OCO2. The van der Waals surface area contributed by atoms with Gasteiger partial charge >= 0.3 is 5.97 Å². The fraction of sp³-hybridized carbons (Fsp3) is 0.133. The van der Waals surface area contributed by atoms with Crippen molar-refractivity contribution in [2.24, 2.45) is 0 Å². The third-order valence-corrected chi connectivity index (χ3v) is 3.65. The molecule has 0 atom stereocenters. The summed E-state index contributed by atoms with van der Waals surface area (Å²) in [6, 6.07) is 9.99. The number of ether oxygens (including phenoxy) is 3. The molecule has 4 nitrogen and oxygen atoms in total. The van der Waals surface area contributed by atoms with Gasteiger partial charge in [0.1, 0.15) is 5.75 Å². The number of hydrogen-bond acceptors (Lipinski definition) is 4. The number of benzene rings is 2. The van der Waals surface area contributed by atoms with Gasteiger partial charge in [0.2, 0.25) is 6.79 Å². The van der Waals surface area contributed by atoms with Gasteiger partial charge in [-0.25, -0.2) is 0 Å². The minimum atomic E-state index is -0.396. The number of esters is 1. The Kier molecular flexibility index (Phi) is 3.90. The van der Waals surface area contributed by atoms with Gasteiger partial charge in [-0.05, 0) is 29.8 Å². The van der Waals surface area contributed by atoms with E-state index in [1.165, 1.54) is 0 Å². The van der Waals surface area contributed by atoms with E-state index in [2.05, 4.69) is 0 Å². The number of rotatable bonds is 3. The first-order chi connectivity index (χ1) is 10.1. The Morgan fingerprint density at radius 1 is 1.05 bits per heavy atom. The fourth-order valence-electron chi connectivity index (χ4n) is 1.92. The van der Waals surface area contributed by atoms with E-state index >= 15 is 0 Å². The average molecular weight is 325 g/mol. The van der Waals surface area contributed by atoms with Gasteiger partial charge in [0, 0.05) is 6.07 Å². The summed E-state index contributed by atoms with van der Waals surface area (Å²) >= 11 is 11.7. The molecule has 0 unspecified atom stereocenters. The second-order valence-corrected chi connectivity index (χ2v) is 5.23. The Hall–Kier alpha value is -1.91. The molecular weight excluding hydrogens is 315 g/mol. The smallest absolute Gasteiger partial charge is 0.315 e. The van der Waals surface area contributed by atoms with Crippen LogP contribution in [0.3, 0.4) is 0 Å². The summed E-state index contributed by atoms with van der Waals surface area (Å²) in [4.78, 5) is 11.9. The molecule has 0 radical (unpaired) electrons. The highest BCUT2D eigenvalue weighted by Gasteiger charge is 2.15. The molecule has 0 N–H and O–H groups in total. The number of halogens is 2. The van der Waals surface area contributed by atoms with Crippen molar-refractivity contribution in [1.82, 2.24) is 0 Å². The lowest BCUT2D eigenvalue weighted by Crippen LogP contribution is -2.11. The molecule has 0 bridgehead atoms. The fourth-order valence-corrected chi connectivity index (χ4v) is 2.24. The summed E-state index contributed by atoms with van der Waals surface area (Å²) in [6.07, 6.45) is 0.103. The summed E-state index contributed by atoms with van der Waals surface area (Å²) in [6.45, 7) is 0.177. The largest absolute Gasteiger partial charge is 0.454 e. The van der Waals surface area contributed by atoms with Gasteiger partial charge in [-0.3, -0.25) is 4.79 Å². The predicted octanol–water partition coefficient (Wildman–Crippen LogP) is 3.87. The number of fused-ring (bicyclic) bond motifs is 1. The molecule has 1 aliphatic rings. The molecule has 0 saturated heterocycles. The number of hydrogen-bond donors (Lipinski definition) is 0. The van der Waals surface area contributed by atoms with Crippen LogP contribution in [0, 0.1) is 0 Å². The molecule has 0 aromatic heterocycles. The summed E-state index contributed by atoms with van der Waals surface area (Å²) in [5, 5.41) is 0.856. The van der Waals surface area contributed by atoms with E-state index in [0.717, 1.165) is 5.56 Å². The van der Waals surface area contributed by atoms with Gasteiger partial charge < -0.3 is 14.2 Å². The summed E-state index contributed by atoms with van der Waals surface area (Å²) in [5.74, 6) is 1.21. The zero-order chi connectivity index (χ0) is 14.8. The molecule has 21 heavy (non-hydrogen) atoms. The number of carbonyl (C=O) groups excluding carboxylic acids is 1. The van der Waals surface area contributed by atoms with E-state index in [1.54, 1.807) is 36.4 Å². The van der Waals surface area contributed by atoms with E-state index in [-0.39, 0.29) is 13.2 Å². The normalized spacial score (nSPS) is 12.3. The van der Waals surface area contributed by atoms with E-state index in [4.69, 9.17) is 37.4 Å². The lowest BCUT2D eigenvalue weighted by atomic mass is 10.1. The standard InChI is InChI=1S/C15H10Cl2O4/c16-11-3-1-9(5-12(11)17)6-15(18)21-10-2-4-13-14(7-10)20-8-19-13/h1-5,7H,6,8H2. The van der Waals surface area contributed by atoms with Crippen molar-refractivity contribution < 1.29 is 19.0 Å². The molecule has 1 aliphatic heterocycles. The van der Waals surface area contributed by atoms with Crippen LogP contribution in [0.25, 0.3) is 0 Å². The third-order valence-electron chi connectivity index (χ3n) is 2.91. The maximum absolute atomic E-state index is 11.9. The Morgan fingerprint density at radius 2 is 1.86 bits per heavy atom. The van der Waals surface area contributed by atoms with Crippen molar-refractivity contribution in [3.05, 3.63) is 52.0 Å². The molecule has 0 aliphatic carbocycles. The van der Waals surface area contributed by atoms with Crippen LogP contribution < -0.4 is 14.2 Å². The van der Waals surface area contributed by atoms with Gasteiger partial charge in [-0.15, -0.1) is 0 Å². The maximum Gasteiger partial charge on any atom is 0.315 e. The minimum absolute atomic E-state index is 0.103. The van der Waals surface area contributed by atoms with Crippen LogP contribution in [0.15, 0.2) is 36.4 Å². The van der Waals surface area contributed by atoms with E-state index in [9.17, 15) is 4.79 Å². The summed E-state index contributed by atoms with van der Waals surface area (Å²) in [5.41, 5.74) is 0.732. The quantitative estimate of drug-likeness (QED) is 0.635. The van der Waals surface area contributed by atoms with Gasteiger partial charge in [-0.2, -0.15) is 0 Å². The maximum atomic E-state index is 11.9. The molecule has 0 fully saturated rings. The first kappa shape index (κ1) is 14.0. The van der Waals surface area contributed by atoms with Gasteiger partial charge in [0.05, 0.1) is 16.5 Å². The van der Waals surface area contributed by atoms with Crippen LogP contribution in [0.1, 0.15) is 5.56 Å². The monoisotopic (exact) mass is 324 g/mol. The Morgan fingerprint density at radius 3 is 2.67 bits per heavy atom. The Bertz CT molecular complexity index is 700.